The van der Waals surface area contributed by atoms with Gasteiger partial charge in [0.05, 0.1) is 13.2 Å². The van der Waals surface area contributed by atoms with Gasteiger partial charge in [-0.25, -0.2) is 4.79 Å². The molecule has 0 aliphatic heterocycles. The van der Waals surface area contributed by atoms with E-state index in [2.05, 4.69) is 0 Å². The van der Waals surface area contributed by atoms with Crippen LogP contribution in [-0.4, -0.2) is 36.1 Å². The Hall–Kier alpha value is -1.07. The first-order chi connectivity index (χ1) is 7.25. The van der Waals surface area contributed by atoms with Crippen molar-refractivity contribution >= 4 is 0 Å². The first kappa shape index (κ1) is 12.0. The van der Waals surface area contributed by atoms with E-state index in [1.165, 1.54) is 0 Å². The number of hydrogen-bond acceptors (Lipinski definition) is 3. The van der Waals surface area contributed by atoms with Crippen LogP contribution in [0.5, 0.6) is 0 Å². The molecule has 0 unspecified atom stereocenters. The van der Waals surface area contributed by atoms with Crippen LogP contribution in [0.4, 0.5) is 0 Å². The largest absolute Gasteiger partial charge is 0.382 e. The summed E-state index contributed by atoms with van der Waals surface area (Å²) in [7, 11) is 3.39. The number of aromatic nitrogens is 2. The quantitative estimate of drug-likeness (QED) is 0.611. The number of rotatable bonds is 7. The van der Waals surface area contributed by atoms with Crippen molar-refractivity contribution in [1.82, 2.24) is 9.13 Å². The van der Waals surface area contributed by atoms with Crippen LogP contribution in [0.3, 0.4) is 0 Å². The second-order valence-electron chi connectivity index (χ2n) is 3.34. The van der Waals surface area contributed by atoms with Crippen LogP contribution in [-0.2, 0) is 23.1 Å². The lowest BCUT2D eigenvalue weighted by atomic mass is 10.4. The van der Waals surface area contributed by atoms with Gasteiger partial charge in [-0.2, -0.15) is 0 Å². The predicted molar refractivity (Wildman–Crippen MR) is 57.0 cm³/mol. The first-order valence-electron chi connectivity index (χ1n) is 5.04. The van der Waals surface area contributed by atoms with Crippen LogP contribution in [0.15, 0.2) is 17.2 Å². The molecule has 1 aromatic rings. The molecule has 0 aromatic carbocycles. The van der Waals surface area contributed by atoms with Gasteiger partial charge in [-0.15, -0.1) is 0 Å². The molecule has 0 fully saturated rings. The summed E-state index contributed by atoms with van der Waals surface area (Å²) >= 11 is 0. The Morgan fingerprint density at radius 2 is 2.07 bits per heavy atom. The Morgan fingerprint density at radius 1 is 1.27 bits per heavy atom. The Bertz CT molecular complexity index is 330. The molecule has 5 heteroatoms. The van der Waals surface area contributed by atoms with Crippen LogP contribution >= 0.6 is 0 Å². The van der Waals surface area contributed by atoms with Crippen molar-refractivity contribution < 1.29 is 9.47 Å². The fraction of sp³-hybridized carbons (Fsp3) is 0.700. The molecule has 0 saturated heterocycles. The second-order valence-corrected chi connectivity index (χ2v) is 3.34. The van der Waals surface area contributed by atoms with E-state index in [1.54, 1.807) is 35.7 Å². The molecule has 0 aliphatic rings. The Balaban J connectivity index is 2.15. The lowest BCUT2D eigenvalue weighted by Crippen LogP contribution is -2.22. The third kappa shape index (κ3) is 3.89. The minimum Gasteiger partial charge on any atom is -0.382 e. The minimum atomic E-state index is 0.0203. The maximum Gasteiger partial charge on any atom is 0.327 e. The summed E-state index contributed by atoms with van der Waals surface area (Å²) in [6, 6.07) is 0. The summed E-state index contributed by atoms with van der Waals surface area (Å²) < 4.78 is 13.4. The maximum absolute atomic E-state index is 11.4. The van der Waals surface area contributed by atoms with Crippen LogP contribution in [0.25, 0.3) is 0 Å². The third-order valence-electron chi connectivity index (χ3n) is 2.14. The molecule has 0 saturated carbocycles. The smallest absolute Gasteiger partial charge is 0.327 e. The van der Waals surface area contributed by atoms with E-state index in [-0.39, 0.29) is 5.69 Å². The topological polar surface area (TPSA) is 45.4 Å². The van der Waals surface area contributed by atoms with Crippen molar-refractivity contribution in [3.8, 4) is 0 Å². The van der Waals surface area contributed by atoms with Gasteiger partial charge in [0.25, 0.3) is 0 Å². The van der Waals surface area contributed by atoms with Gasteiger partial charge in [-0.05, 0) is 6.42 Å². The van der Waals surface area contributed by atoms with Crippen molar-refractivity contribution in [3.63, 3.8) is 0 Å². The molecule has 1 heterocycles. The minimum absolute atomic E-state index is 0.0203. The average Bonchev–Trinajstić information content (AvgIpc) is 2.54. The molecule has 1 rings (SSSR count). The van der Waals surface area contributed by atoms with Gasteiger partial charge in [0.1, 0.15) is 0 Å². The number of methoxy groups -OCH3 is 1. The lowest BCUT2D eigenvalue weighted by molar-refractivity contribution is 0.0679. The van der Waals surface area contributed by atoms with Gasteiger partial charge in [-0.3, -0.25) is 4.57 Å². The molecule has 0 spiro atoms. The average molecular weight is 214 g/mol. The normalized spacial score (nSPS) is 10.8. The second kappa shape index (κ2) is 6.42. The summed E-state index contributed by atoms with van der Waals surface area (Å²) in [5.41, 5.74) is 0.0203. The molecule has 15 heavy (non-hydrogen) atoms. The molecule has 0 bridgehead atoms. The zero-order chi connectivity index (χ0) is 11.1. The summed E-state index contributed by atoms with van der Waals surface area (Å²) in [6.07, 6.45) is 4.39. The van der Waals surface area contributed by atoms with Gasteiger partial charge in [0.15, 0.2) is 0 Å². The number of nitrogens with zero attached hydrogens (tertiary/aromatic N) is 2. The van der Waals surface area contributed by atoms with Gasteiger partial charge >= 0.3 is 5.69 Å². The third-order valence-corrected chi connectivity index (χ3v) is 2.14. The monoisotopic (exact) mass is 214 g/mol. The van der Waals surface area contributed by atoms with Crippen LogP contribution in [0.2, 0.25) is 0 Å². The highest BCUT2D eigenvalue weighted by Crippen LogP contribution is 1.89. The number of imidazole rings is 1. The zero-order valence-corrected chi connectivity index (χ0v) is 9.31. The molecular formula is C10H18N2O3. The van der Waals surface area contributed by atoms with Crippen molar-refractivity contribution in [2.24, 2.45) is 7.05 Å². The Morgan fingerprint density at radius 3 is 2.67 bits per heavy atom. The maximum atomic E-state index is 11.4. The SMILES string of the molecule is COCCOCCCn1ccn(C)c1=O. The van der Waals surface area contributed by atoms with Crippen LogP contribution in [0.1, 0.15) is 6.42 Å². The summed E-state index contributed by atoms with van der Waals surface area (Å²) in [6.45, 7) is 2.59. The van der Waals surface area contributed by atoms with E-state index in [4.69, 9.17) is 9.47 Å². The summed E-state index contributed by atoms with van der Waals surface area (Å²) in [5, 5.41) is 0. The van der Waals surface area contributed by atoms with E-state index >= 15 is 0 Å². The lowest BCUT2D eigenvalue weighted by Gasteiger charge is -2.03. The van der Waals surface area contributed by atoms with Crippen molar-refractivity contribution in [2.45, 2.75) is 13.0 Å². The number of ether oxygens (including phenoxy) is 2. The summed E-state index contributed by atoms with van der Waals surface area (Å²) in [4.78, 5) is 11.4. The predicted octanol–water partition coefficient (Wildman–Crippen LogP) is 0.240. The van der Waals surface area contributed by atoms with Crippen molar-refractivity contribution in [2.75, 3.05) is 26.9 Å². The van der Waals surface area contributed by atoms with Gasteiger partial charge in [-0.1, -0.05) is 0 Å². The van der Waals surface area contributed by atoms with E-state index in [0.717, 1.165) is 6.42 Å². The van der Waals surface area contributed by atoms with E-state index in [0.29, 0.717) is 26.4 Å². The van der Waals surface area contributed by atoms with Gasteiger partial charge in [0, 0.05) is 39.7 Å². The van der Waals surface area contributed by atoms with Crippen LogP contribution < -0.4 is 5.69 Å². The highest BCUT2D eigenvalue weighted by molar-refractivity contribution is 4.79. The molecule has 0 aliphatic carbocycles. The summed E-state index contributed by atoms with van der Waals surface area (Å²) in [5.74, 6) is 0. The van der Waals surface area contributed by atoms with Crippen molar-refractivity contribution in [1.29, 1.82) is 0 Å². The molecule has 5 nitrogen and oxygen atoms in total. The Labute approximate surface area is 89.2 Å². The molecule has 86 valence electrons. The standard InChI is InChI=1S/C10H18N2O3/c1-11-5-6-12(10(11)13)4-3-7-15-9-8-14-2/h5-6H,3-4,7-9H2,1-2H3. The number of aryl methyl sites for hydroxylation is 2. The molecule has 0 amide bonds. The van der Waals surface area contributed by atoms with Crippen molar-refractivity contribution in [3.05, 3.63) is 22.9 Å². The molecule has 0 N–H and O–H groups in total. The highest BCUT2D eigenvalue weighted by Gasteiger charge is 1.98. The molecule has 0 radical (unpaired) electrons. The van der Waals surface area contributed by atoms with Gasteiger partial charge in [0.2, 0.25) is 0 Å². The van der Waals surface area contributed by atoms with E-state index < -0.39 is 0 Å². The number of hydrogen-bond donors (Lipinski definition) is 0. The molecule has 1 aromatic heterocycles. The first-order valence-corrected chi connectivity index (χ1v) is 5.04. The fourth-order valence-electron chi connectivity index (χ4n) is 1.26. The highest BCUT2D eigenvalue weighted by atomic mass is 16.5. The Kier molecular flexibility index (Phi) is 5.14. The fourth-order valence-corrected chi connectivity index (χ4v) is 1.26. The van der Waals surface area contributed by atoms with Crippen LogP contribution in [0, 0.1) is 0 Å². The van der Waals surface area contributed by atoms with E-state index in [1.807, 2.05) is 0 Å². The van der Waals surface area contributed by atoms with E-state index in [9.17, 15) is 4.79 Å². The molecule has 0 atom stereocenters. The molecular weight excluding hydrogens is 196 g/mol. The zero-order valence-electron chi connectivity index (χ0n) is 9.31. The van der Waals surface area contributed by atoms with Gasteiger partial charge < -0.3 is 14.0 Å².